The second-order valence-electron chi connectivity index (χ2n) is 8.61. The molecule has 1 aliphatic carbocycles. The zero-order valence-electron chi connectivity index (χ0n) is 19.3. The fourth-order valence-corrected chi connectivity index (χ4v) is 3.75. The lowest BCUT2D eigenvalue weighted by atomic mass is 9.91. The molecule has 0 radical (unpaired) electrons. The summed E-state index contributed by atoms with van der Waals surface area (Å²) in [6, 6.07) is 4.07. The Bertz CT molecular complexity index is 1080. The summed E-state index contributed by atoms with van der Waals surface area (Å²) in [6.45, 7) is 3.44. The predicted molar refractivity (Wildman–Crippen MR) is 114 cm³/mol. The SMILES string of the molecule is O=C(O)C(F)(F)F.OC(c1ccc(-c2cnc(N3CCN(C4CC4)CC3)nc2)cc1)(C(F)(F)F)C(F)(F)F. The zero-order chi connectivity index (χ0) is 28.5. The molecule has 0 spiro atoms. The van der Waals surface area contributed by atoms with Crippen molar-refractivity contribution in [3.63, 3.8) is 0 Å². The van der Waals surface area contributed by atoms with Gasteiger partial charge in [0, 0.05) is 55.7 Å². The Morgan fingerprint density at radius 1 is 0.789 bits per heavy atom. The van der Waals surface area contributed by atoms with Crippen LogP contribution >= 0.6 is 0 Å². The van der Waals surface area contributed by atoms with Gasteiger partial charge in [0.15, 0.2) is 0 Å². The number of carboxylic acids is 1. The van der Waals surface area contributed by atoms with Crippen molar-refractivity contribution in [1.29, 1.82) is 0 Å². The number of benzene rings is 1. The molecule has 2 aromatic rings. The van der Waals surface area contributed by atoms with Crippen molar-refractivity contribution in [3.8, 4) is 11.1 Å². The maximum atomic E-state index is 13.0. The maximum Gasteiger partial charge on any atom is 0.490 e. The number of alkyl halides is 9. The van der Waals surface area contributed by atoms with Crippen LogP contribution in [0.3, 0.4) is 0 Å². The molecule has 1 aromatic carbocycles. The minimum atomic E-state index is -5.92. The predicted octanol–water partition coefficient (Wildman–Crippen LogP) is 4.37. The molecule has 7 nitrogen and oxygen atoms in total. The van der Waals surface area contributed by atoms with Crippen molar-refractivity contribution in [3.05, 3.63) is 42.2 Å². The maximum absolute atomic E-state index is 13.0. The summed E-state index contributed by atoms with van der Waals surface area (Å²) in [7, 11) is 0. The van der Waals surface area contributed by atoms with Crippen molar-refractivity contribution >= 4 is 11.9 Å². The third-order valence-electron chi connectivity index (χ3n) is 6.00. The molecule has 1 saturated carbocycles. The summed E-state index contributed by atoms with van der Waals surface area (Å²) in [5, 5.41) is 16.6. The molecule has 0 bridgehead atoms. The lowest BCUT2D eigenvalue weighted by Crippen LogP contribution is -2.53. The highest BCUT2D eigenvalue weighted by Crippen LogP contribution is 2.50. The molecule has 2 N–H and O–H groups in total. The molecule has 1 aromatic heterocycles. The van der Waals surface area contributed by atoms with E-state index in [0.717, 1.165) is 38.3 Å². The van der Waals surface area contributed by atoms with Crippen LogP contribution in [0.2, 0.25) is 0 Å². The normalized spacial score (nSPS) is 17.6. The van der Waals surface area contributed by atoms with E-state index in [0.29, 0.717) is 35.2 Å². The molecule has 16 heteroatoms. The number of halogens is 9. The van der Waals surface area contributed by atoms with Crippen molar-refractivity contribution < 1.29 is 54.5 Å². The highest BCUT2D eigenvalue weighted by molar-refractivity contribution is 5.73. The molecular formula is C22H21F9N4O3. The van der Waals surface area contributed by atoms with Crippen molar-refractivity contribution in [2.45, 2.75) is 43.0 Å². The van der Waals surface area contributed by atoms with E-state index in [1.54, 1.807) is 0 Å². The number of rotatable bonds is 4. The average Bonchev–Trinajstić information content (AvgIpc) is 3.68. The van der Waals surface area contributed by atoms with Crippen molar-refractivity contribution in [1.82, 2.24) is 14.9 Å². The Kier molecular flexibility index (Phi) is 8.17. The number of aliphatic carboxylic acids is 1. The van der Waals surface area contributed by atoms with Gasteiger partial charge < -0.3 is 15.1 Å². The van der Waals surface area contributed by atoms with Crippen molar-refractivity contribution in [2.75, 3.05) is 31.1 Å². The topological polar surface area (TPSA) is 89.8 Å². The van der Waals surface area contributed by atoms with E-state index < -0.39 is 35.7 Å². The van der Waals surface area contributed by atoms with E-state index in [9.17, 15) is 44.6 Å². The fraction of sp³-hybridized carbons (Fsp3) is 0.500. The molecule has 0 unspecified atom stereocenters. The third kappa shape index (κ3) is 6.46. The van der Waals surface area contributed by atoms with Gasteiger partial charge in [-0.15, -0.1) is 0 Å². The summed E-state index contributed by atoms with van der Waals surface area (Å²) in [5.74, 6) is -2.23. The largest absolute Gasteiger partial charge is 0.490 e. The van der Waals surface area contributed by atoms with E-state index in [2.05, 4.69) is 14.9 Å². The molecule has 4 rings (SSSR count). The second-order valence-corrected chi connectivity index (χ2v) is 8.61. The first-order valence-corrected chi connectivity index (χ1v) is 11.0. The Morgan fingerprint density at radius 2 is 1.24 bits per heavy atom. The van der Waals surface area contributed by atoms with Crippen LogP contribution in [0, 0.1) is 0 Å². The van der Waals surface area contributed by atoms with E-state index in [1.807, 2.05) is 4.90 Å². The summed E-state index contributed by atoms with van der Waals surface area (Å²) in [4.78, 5) is 22.0. The molecule has 38 heavy (non-hydrogen) atoms. The first kappa shape index (κ1) is 29.4. The number of anilines is 1. The Hall–Kier alpha value is -3.14. The smallest absolute Gasteiger partial charge is 0.475 e. The van der Waals surface area contributed by atoms with Crippen LogP contribution in [-0.4, -0.2) is 81.8 Å². The summed E-state index contributed by atoms with van der Waals surface area (Å²) >= 11 is 0. The Morgan fingerprint density at radius 3 is 1.61 bits per heavy atom. The summed E-state index contributed by atoms with van der Waals surface area (Å²) < 4.78 is 110. The minimum absolute atomic E-state index is 0.334. The van der Waals surface area contributed by atoms with Gasteiger partial charge in [-0.3, -0.25) is 4.90 Å². The number of aromatic nitrogens is 2. The number of hydrogen-bond donors (Lipinski definition) is 2. The highest BCUT2D eigenvalue weighted by atomic mass is 19.4. The van der Waals surface area contributed by atoms with Crippen LogP contribution in [0.1, 0.15) is 18.4 Å². The Labute approximate surface area is 209 Å². The second kappa shape index (κ2) is 10.6. The highest BCUT2D eigenvalue weighted by Gasteiger charge is 2.71. The lowest BCUT2D eigenvalue weighted by molar-refractivity contribution is -0.376. The van der Waals surface area contributed by atoms with Crippen LogP contribution in [0.4, 0.5) is 45.5 Å². The van der Waals surface area contributed by atoms with Gasteiger partial charge in [0.1, 0.15) is 0 Å². The zero-order valence-corrected chi connectivity index (χ0v) is 19.3. The van der Waals surface area contributed by atoms with Gasteiger partial charge in [0.2, 0.25) is 5.95 Å². The van der Waals surface area contributed by atoms with Gasteiger partial charge in [-0.2, -0.15) is 39.5 Å². The number of aliphatic hydroxyl groups is 1. The van der Waals surface area contributed by atoms with Gasteiger partial charge >= 0.3 is 24.5 Å². The van der Waals surface area contributed by atoms with Crippen LogP contribution in [0.5, 0.6) is 0 Å². The third-order valence-corrected chi connectivity index (χ3v) is 6.00. The average molecular weight is 560 g/mol. The van der Waals surface area contributed by atoms with E-state index in [1.165, 1.54) is 25.2 Å². The van der Waals surface area contributed by atoms with Crippen LogP contribution in [0.25, 0.3) is 11.1 Å². The first-order valence-electron chi connectivity index (χ1n) is 11.0. The summed E-state index contributed by atoms with van der Waals surface area (Å²) in [5.41, 5.74) is -5.47. The van der Waals surface area contributed by atoms with Gasteiger partial charge in [-0.25, -0.2) is 14.8 Å². The van der Waals surface area contributed by atoms with E-state index >= 15 is 0 Å². The van der Waals surface area contributed by atoms with Gasteiger partial charge in [-0.05, 0) is 18.4 Å². The van der Waals surface area contributed by atoms with Crippen LogP contribution in [0.15, 0.2) is 36.7 Å². The number of piperazine rings is 1. The molecule has 210 valence electrons. The molecule has 1 saturated heterocycles. The van der Waals surface area contributed by atoms with Gasteiger partial charge in [0.05, 0.1) is 0 Å². The van der Waals surface area contributed by atoms with Crippen LogP contribution in [-0.2, 0) is 10.4 Å². The van der Waals surface area contributed by atoms with Crippen LogP contribution < -0.4 is 4.90 Å². The number of carbonyl (C=O) groups is 1. The first-order chi connectivity index (χ1) is 17.4. The minimum Gasteiger partial charge on any atom is -0.475 e. The van der Waals surface area contributed by atoms with Crippen molar-refractivity contribution in [2.24, 2.45) is 0 Å². The molecule has 2 heterocycles. The molecule has 1 aliphatic heterocycles. The Balaban J connectivity index is 0.000000505. The van der Waals surface area contributed by atoms with E-state index in [-0.39, 0.29) is 0 Å². The fourth-order valence-electron chi connectivity index (χ4n) is 3.75. The molecule has 0 atom stereocenters. The monoisotopic (exact) mass is 560 g/mol. The molecular weight excluding hydrogens is 539 g/mol. The van der Waals surface area contributed by atoms with Gasteiger partial charge in [0.25, 0.3) is 5.60 Å². The quantitative estimate of drug-likeness (QED) is 0.537. The number of nitrogens with zero attached hydrogens (tertiary/aromatic N) is 4. The van der Waals surface area contributed by atoms with Gasteiger partial charge in [-0.1, -0.05) is 24.3 Å². The molecule has 2 aliphatic rings. The molecule has 2 fully saturated rings. The molecule has 0 amide bonds. The lowest BCUT2D eigenvalue weighted by Gasteiger charge is -2.34. The standard InChI is InChI=1S/C20H20F6N4O.C2HF3O2/c21-19(22,23)18(31,20(24,25)26)15-3-1-13(2-4-15)14-11-27-17(28-12-14)30-9-7-29(8-10-30)16-5-6-16;3-2(4,5)1(6)7/h1-4,11-12,16,31H,5-10H2;(H,6,7). The van der Waals surface area contributed by atoms with E-state index in [4.69, 9.17) is 9.90 Å². The number of carboxylic acid groups (broad SMARTS) is 1. The summed E-state index contributed by atoms with van der Waals surface area (Å²) in [6.07, 6.45) is -11.5. The number of hydrogen-bond acceptors (Lipinski definition) is 6.